The molecule has 0 fully saturated rings. The van der Waals surface area contributed by atoms with Crippen LogP contribution in [0.3, 0.4) is 0 Å². The monoisotopic (exact) mass is 469 g/mol. The lowest BCUT2D eigenvalue weighted by Crippen LogP contribution is -2.45. The van der Waals surface area contributed by atoms with Crippen molar-refractivity contribution < 1.29 is 27.9 Å². The number of rotatable bonds is 3. The van der Waals surface area contributed by atoms with Crippen molar-refractivity contribution in [3.8, 4) is 5.75 Å². The fraction of sp³-hybridized carbons (Fsp3) is 0.208. The number of aromatic hydroxyl groups is 1. The summed E-state index contributed by atoms with van der Waals surface area (Å²) in [6.45, 7) is 0.0485. The van der Waals surface area contributed by atoms with Crippen LogP contribution in [0, 0.1) is 17.5 Å². The van der Waals surface area contributed by atoms with Crippen LogP contribution in [0.5, 0.6) is 5.75 Å². The van der Waals surface area contributed by atoms with Gasteiger partial charge in [0.2, 0.25) is 5.43 Å². The number of carbonyl (C=O) groups is 2. The molecule has 0 saturated heterocycles. The van der Waals surface area contributed by atoms with E-state index in [2.05, 4.69) is 5.32 Å². The maximum absolute atomic E-state index is 13.9. The molecule has 1 aromatic heterocycles. The Kier molecular flexibility index (Phi) is 5.15. The zero-order valence-electron chi connectivity index (χ0n) is 17.6. The summed E-state index contributed by atoms with van der Waals surface area (Å²) in [6, 6.07) is 8.04. The van der Waals surface area contributed by atoms with Crippen molar-refractivity contribution in [1.82, 2.24) is 14.8 Å². The van der Waals surface area contributed by atoms with Crippen LogP contribution in [0.2, 0.25) is 0 Å². The van der Waals surface area contributed by atoms with Crippen LogP contribution < -0.4 is 10.7 Å². The van der Waals surface area contributed by atoms with Crippen LogP contribution in [0.1, 0.15) is 43.6 Å². The fourth-order valence-electron chi connectivity index (χ4n) is 4.56. The van der Waals surface area contributed by atoms with Crippen LogP contribution in [-0.4, -0.2) is 39.5 Å². The molecule has 0 aliphatic carbocycles. The molecule has 34 heavy (non-hydrogen) atoms. The molecule has 3 aromatic rings. The topological polar surface area (TPSA) is 91.6 Å². The number of carbonyl (C=O) groups excluding carboxylic acids is 2. The molecule has 174 valence electrons. The Balaban J connectivity index is 1.55. The Labute approximate surface area is 191 Å². The van der Waals surface area contributed by atoms with E-state index in [1.165, 1.54) is 10.8 Å². The highest BCUT2D eigenvalue weighted by Crippen LogP contribution is 2.34. The van der Waals surface area contributed by atoms with Crippen LogP contribution in [0.25, 0.3) is 0 Å². The van der Waals surface area contributed by atoms with Gasteiger partial charge in [0.05, 0.1) is 6.04 Å². The zero-order chi connectivity index (χ0) is 24.1. The molecule has 2 aliphatic heterocycles. The molecule has 2 aromatic carbocycles. The minimum Gasteiger partial charge on any atom is -0.503 e. The average molecular weight is 469 g/mol. The van der Waals surface area contributed by atoms with E-state index < -0.39 is 64.2 Å². The number of benzene rings is 2. The molecule has 0 saturated carbocycles. The van der Waals surface area contributed by atoms with Gasteiger partial charge >= 0.3 is 0 Å². The number of nitrogens with one attached hydrogen (secondary N) is 1. The van der Waals surface area contributed by atoms with E-state index in [4.69, 9.17) is 0 Å². The summed E-state index contributed by atoms with van der Waals surface area (Å²) in [6.07, 6.45) is 1.78. The van der Waals surface area contributed by atoms with Crippen molar-refractivity contribution in [2.24, 2.45) is 0 Å². The molecule has 2 amide bonds. The highest BCUT2D eigenvalue weighted by atomic mass is 19.1. The SMILES string of the molecule is O=C(NCc1c(F)cc(F)cc1F)c1cn2c(c(O)c1=O)C(=O)N1CCc3ccccc3[C@@H]2C1. The van der Waals surface area contributed by atoms with Gasteiger partial charge in [-0.2, -0.15) is 0 Å². The molecule has 3 heterocycles. The van der Waals surface area contributed by atoms with Gasteiger partial charge in [0.1, 0.15) is 23.0 Å². The fourth-order valence-corrected chi connectivity index (χ4v) is 4.56. The number of hydrogen-bond acceptors (Lipinski definition) is 4. The van der Waals surface area contributed by atoms with E-state index in [0.717, 1.165) is 11.1 Å². The number of aromatic nitrogens is 1. The molecule has 2 aliphatic rings. The highest BCUT2D eigenvalue weighted by Gasteiger charge is 2.38. The third-order valence-electron chi connectivity index (χ3n) is 6.27. The molecular weight excluding hydrogens is 451 g/mol. The first-order valence-corrected chi connectivity index (χ1v) is 10.5. The summed E-state index contributed by atoms with van der Waals surface area (Å²) < 4.78 is 42.4. The second-order valence-electron chi connectivity index (χ2n) is 8.22. The van der Waals surface area contributed by atoms with Gasteiger partial charge in [-0.1, -0.05) is 24.3 Å². The second kappa shape index (κ2) is 8.05. The minimum absolute atomic E-state index is 0.217. The number of hydrogen-bond donors (Lipinski definition) is 2. The molecule has 2 bridgehead atoms. The number of amides is 2. The predicted octanol–water partition coefficient (Wildman–Crippen LogP) is 2.50. The molecule has 0 spiro atoms. The first-order chi connectivity index (χ1) is 16.3. The average Bonchev–Trinajstić information content (AvgIpc) is 2.97. The summed E-state index contributed by atoms with van der Waals surface area (Å²) in [4.78, 5) is 40.1. The van der Waals surface area contributed by atoms with Gasteiger partial charge in [0, 0.05) is 43.5 Å². The molecule has 0 unspecified atom stereocenters. The van der Waals surface area contributed by atoms with Gasteiger partial charge in [0.25, 0.3) is 11.8 Å². The maximum Gasteiger partial charge on any atom is 0.274 e. The summed E-state index contributed by atoms with van der Waals surface area (Å²) in [7, 11) is 0. The quantitative estimate of drug-likeness (QED) is 0.617. The lowest BCUT2D eigenvalue weighted by molar-refractivity contribution is 0.0686. The molecule has 0 radical (unpaired) electrons. The highest BCUT2D eigenvalue weighted by molar-refractivity contribution is 5.99. The Morgan fingerprint density at radius 1 is 1.12 bits per heavy atom. The van der Waals surface area contributed by atoms with Gasteiger partial charge in [-0.05, 0) is 17.5 Å². The Morgan fingerprint density at radius 2 is 1.82 bits per heavy atom. The first-order valence-electron chi connectivity index (χ1n) is 10.5. The smallest absolute Gasteiger partial charge is 0.274 e. The maximum atomic E-state index is 13.9. The van der Waals surface area contributed by atoms with E-state index in [1.807, 2.05) is 24.3 Å². The van der Waals surface area contributed by atoms with E-state index >= 15 is 0 Å². The van der Waals surface area contributed by atoms with Crippen molar-refractivity contribution in [2.45, 2.75) is 19.0 Å². The summed E-state index contributed by atoms with van der Waals surface area (Å²) in [5.41, 5.74) is -0.478. The van der Waals surface area contributed by atoms with Gasteiger partial charge in [0.15, 0.2) is 11.4 Å². The Morgan fingerprint density at radius 3 is 2.56 bits per heavy atom. The molecule has 10 heteroatoms. The molecule has 5 rings (SSSR count). The van der Waals surface area contributed by atoms with Crippen molar-refractivity contribution in [3.63, 3.8) is 0 Å². The Hall–Kier alpha value is -4.08. The van der Waals surface area contributed by atoms with Crippen LogP contribution in [-0.2, 0) is 13.0 Å². The number of halogens is 3. The van der Waals surface area contributed by atoms with E-state index in [-0.39, 0.29) is 12.2 Å². The molecule has 1 atom stereocenters. The van der Waals surface area contributed by atoms with Crippen LogP contribution in [0.15, 0.2) is 47.4 Å². The largest absolute Gasteiger partial charge is 0.503 e. The first kappa shape index (κ1) is 21.7. The van der Waals surface area contributed by atoms with E-state index in [9.17, 15) is 32.7 Å². The number of fused-ring (bicyclic) bond motifs is 6. The van der Waals surface area contributed by atoms with Crippen LogP contribution in [0.4, 0.5) is 13.2 Å². The van der Waals surface area contributed by atoms with Gasteiger partial charge in [-0.15, -0.1) is 0 Å². The van der Waals surface area contributed by atoms with E-state index in [0.29, 0.717) is 25.1 Å². The predicted molar refractivity (Wildman–Crippen MR) is 114 cm³/mol. The summed E-state index contributed by atoms with van der Waals surface area (Å²) in [5.74, 6) is -5.89. The molecule has 2 N–H and O–H groups in total. The van der Waals surface area contributed by atoms with Gasteiger partial charge < -0.3 is 19.9 Å². The number of nitrogens with zero attached hydrogens (tertiary/aromatic N) is 2. The third kappa shape index (κ3) is 3.42. The zero-order valence-corrected chi connectivity index (χ0v) is 17.6. The normalized spacial score (nSPS) is 16.5. The van der Waals surface area contributed by atoms with Crippen molar-refractivity contribution in [1.29, 1.82) is 0 Å². The second-order valence-corrected chi connectivity index (χ2v) is 8.22. The minimum atomic E-state index is -1.19. The Bertz CT molecular complexity index is 1400. The third-order valence-corrected chi connectivity index (χ3v) is 6.27. The van der Waals surface area contributed by atoms with Gasteiger partial charge in [-0.3, -0.25) is 14.4 Å². The lowest BCUT2D eigenvalue weighted by atomic mass is 9.97. The standard InChI is InChI=1S/C24H18F3N3O4/c25-13-7-17(26)15(18(27)8-13)9-28-23(33)16-10-30-19-11-29(24(34)20(30)22(32)21(16)31)6-5-12-3-1-2-4-14(12)19/h1-4,7-8,10,19,32H,5-6,9,11H2,(H,28,33)/t19-/m0/s1. The molecular formula is C24H18F3N3O4. The van der Waals surface area contributed by atoms with Crippen molar-refractivity contribution in [2.75, 3.05) is 13.1 Å². The van der Waals surface area contributed by atoms with E-state index in [1.54, 1.807) is 4.90 Å². The summed E-state index contributed by atoms with van der Waals surface area (Å²) in [5, 5.41) is 12.8. The van der Waals surface area contributed by atoms with Crippen molar-refractivity contribution >= 4 is 11.8 Å². The number of pyridine rings is 1. The molecule has 7 nitrogen and oxygen atoms in total. The summed E-state index contributed by atoms with van der Waals surface area (Å²) >= 11 is 0. The van der Waals surface area contributed by atoms with Crippen molar-refractivity contribution in [3.05, 3.63) is 98.2 Å². The van der Waals surface area contributed by atoms with Gasteiger partial charge in [-0.25, -0.2) is 13.2 Å². The lowest BCUT2D eigenvalue weighted by Gasteiger charge is -2.35. The van der Waals surface area contributed by atoms with Crippen LogP contribution >= 0.6 is 0 Å².